The van der Waals surface area contributed by atoms with Crippen molar-refractivity contribution in [3.05, 3.63) is 29.3 Å². The van der Waals surface area contributed by atoms with Crippen molar-refractivity contribution in [3.8, 4) is 0 Å². The van der Waals surface area contributed by atoms with Gasteiger partial charge in [0.15, 0.2) is 0 Å². The van der Waals surface area contributed by atoms with E-state index < -0.39 is 5.97 Å². The van der Waals surface area contributed by atoms with Crippen molar-refractivity contribution in [1.29, 1.82) is 0 Å². The summed E-state index contributed by atoms with van der Waals surface area (Å²) in [5.41, 5.74) is 2.90. The summed E-state index contributed by atoms with van der Waals surface area (Å²) in [7, 11) is 0. The first-order chi connectivity index (χ1) is 8.06. The predicted molar refractivity (Wildman–Crippen MR) is 68.6 cm³/mol. The van der Waals surface area contributed by atoms with Gasteiger partial charge in [-0.3, -0.25) is 0 Å². The average molecular weight is 233 g/mol. The third-order valence-corrected chi connectivity index (χ3v) is 3.83. The lowest BCUT2D eigenvalue weighted by Gasteiger charge is -2.16. The van der Waals surface area contributed by atoms with E-state index in [2.05, 4.69) is 12.2 Å². The fourth-order valence-corrected chi connectivity index (χ4v) is 2.11. The van der Waals surface area contributed by atoms with Crippen molar-refractivity contribution >= 4 is 11.7 Å². The molecule has 17 heavy (non-hydrogen) atoms. The molecular weight excluding hydrogens is 214 g/mol. The summed E-state index contributed by atoms with van der Waals surface area (Å²) >= 11 is 0. The molecule has 0 spiro atoms. The number of hydrogen-bond donors (Lipinski definition) is 2. The molecule has 92 valence electrons. The largest absolute Gasteiger partial charge is 0.478 e. The maximum absolute atomic E-state index is 10.8. The molecule has 0 aromatic heterocycles. The second kappa shape index (κ2) is 4.40. The molecule has 3 heteroatoms. The number of nitrogens with one attached hydrogen (secondary N) is 1. The summed E-state index contributed by atoms with van der Waals surface area (Å²) in [4.78, 5) is 10.8. The fourth-order valence-electron chi connectivity index (χ4n) is 2.11. The first kappa shape index (κ1) is 12.0. The summed E-state index contributed by atoms with van der Waals surface area (Å²) in [6.07, 6.45) is 3.83. The Kier molecular flexibility index (Phi) is 3.09. The highest BCUT2D eigenvalue weighted by molar-refractivity contribution is 5.88. The molecule has 2 N–H and O–H groups in total. The highest BCUT2D eigenvalue weighted by Gasteiger charge is 2.40. The number of benzene rings is 1. The van der Waals surface area contributed by atoms with Gasteiger partial charge in [-0.15, -0.1) is 0 Å². The molecule has 1 aromatic carbocycles. The van der Waals surface area contributed by atoms with Crippen molar-refractivity contribution in [3.63, 3.8) is 0 Å². The lowest BCUT2D eigenvalue weighted by Crippen LogP contribution is -2.15. The van der Waals surface area contributed by atoms with E-state index in [-0.39, 0.29) is 0 Å². The van der Waals surface area contributed by atoms with E-state index in [9.17, 15) is 4.79 Å². The lowest BCUT2D eigenvalue weighted by atomic mass is 10.0. The minimum Gasteiger partial charge on any atom is -0.478 e. The molecule has 0 amide bonds. The van der Waals surface area contributed by atoms with Gasteiger partial charge in [0, 0.05) is 12.2 Å². The maximum Gasteiger partial charge on any atom is 0.335 e. The van der Waals surface area contributed by atoms with Gasteiger partial charge in [-0.25, -0.2) is 4.79 Å². The van der Waals surface area contributed by atoms with E-state index in [1.165, 1.54) is 19.3 Å². The minimum absolute atomic E-state index is 0.352. The Morgan fingerprint density at radius 1 is 1.47 bits per heavy atom. The highest BCUT2D eigenvalue weighted by atomic mass is 16.4. The van der Waals surface area contributed by atoms with Gasteiger partial charge in [0.25, 0.3) is 0 Å². The van der Waals surface area contributed by atoms with E-state index >= 15 is 0 Å². The summed E-state index contributed by atoms with van der Waals surface area (Å²) in [6.45, 7) is 5.17. The monoisotopic (exact) mass is 233 g/mol. The third-order valence-electron chi connectivity index (χ3n) is 3.83. The molecule has 1 fully saturated rings. The van der Waals surface area contributed by atoms with Crippen LogP contribution in [0.2, 0.25) is 0 Å². The Morgan fingerprint density at radius 3 is 2.65 bits per heavy atom. The smallest absolute Gasteiger partial charge is 0.335 e. The average Bonchev–Trinajstić information content (AvgIpc) is 3.08. The molecule has 0 saturated heterocycles. The Labute approximate surface area is 102 Å². The summed E-state index contributed by atoms with van der Waals surface area (Å²) in [5.74, 6) is -0.869. The quantitative estimate of drug-likeness (QED) is 0.820. The van der Waals surface area contributed by atoms with Gasteiger partial charge in [0.1, 0.15) is 0 Å². The Balaban J connectivity index is 2.04. The van der Waals surface area contributed by atoms with Gasteiger partial charge in [-0.05, 0) is 55.4 Å². The van der Waals surface area contributed by atoms with Gasteiger partial charge in [-0.2, -0.15) is 0 Å². The van der Waals surface area contributed by atoms with Crippen LogP contribution in [0.3, 0.4) is 0 Å². The molecule has 1 aliphatic carbocycles. The van der Waals surface area contributed by atoms with Crippen molar-refractivity contribution in [2.75, 3.05) is 11.9 Å². The summed E-state index contributed by atoms with van der Waals surface area (Å²) < 4.78 is 0. The fraction of sp³-hybridized carbons (Fsp3) is 0.500. The molecule has 1 aliphatic rings. The van der Waals surface area contributed by atoms with Gasteiger partial charge < -0.3 is 10.4 Å². The second-order valence-corrected chi connectivity index (χ2v) is 5.04. The predicted octanol–water partition coefficient (Wildman–Crippen LogP) is 3.30. The number of rotatable bonds is 5. The number of carbonyl (C=O) groups is 1. The molecule has 0 bridgehead atoms. The van der Waals surface area contributed by atoms with E-state index in [4.69, 9.17) is 5.11 Å². The normalized spacial score (nSPS) is 16.6. The van der Waals surface area contributed by atoms with Crippen molar-refractivity contribution < 1.29 is 9.90 Å². The van der Waals surface area contributed by atoms with Gasteiger partial charge in [0.05, 0.1) is 5.56 Å². The van der Waals surface area contributed by atoms with E-state index in [0.29, 0.717) is 11.0 Å². The molecule has 1 saturated carbocycles. The van der Waals surface area contributed by atoms with E-state index in [1.807, 2.05) is 13.0 Å². The lowest BCUT2D eigenvalue weighted by molar-refractivity contribution is 0.0697. The molecule has 0 unspecified atom stereocenters. The SMILES string of the molecule is CCC1(CNc2ccc(C(=O)O)cc2C)CC1. The van der Waals surface area contributed by atoms with E-state index in [1.54, 1.807) is 12.1 Å². The van der Waals surface area contributed by atoms with Crippen LogP contribution >= 0.6 is 0 Å². The molecule has 2 rings (SSSR count). The van der Waals surface area contributed by atoms with Crippen LogP contribution < -0.4 is 5.32 Å². The second-order valence-electron chi connectivity index (χ2n) is 5.04. The van der Waals surface area contributed by atoms with Crippen molar-refractivity contribution in [1.82, 2.24) is 0 Å². The van der Waals surface area contributed by atoms with Crippen LogP contribution in [0.25, 0.3) is 0 Å². The summed E-state index contributed by atoms with van der Waals surface area (Å²) in [5, 5.41) is 12.3. The Morgan fingerprint density at radius 2 is 2.18 bits per heavy atom. The number of aryl methyl sites for hydroxylation is 1. The summed E-state index contributed by atoms with van der Waals surface area (Å²) in [6, 6.07) is 5.24. The molecule has 0 aliphatic heterocycles. The van der Waals surface area contributed by atoms with Crippen molar-refractivity contribution in [2.24, 2.45) is 5.41 Å². The first-order valence-corrected chi connectivity index (χ1v) is 6.14. The van der Waals surface area contributed by atoms with Crippen LogP contribution in [0.1, 0.15) is 42.1 Å². The molecule has 0 heterocycles. The Bertz CT molecular complexity index is 436. The van der Waals surface area contributed by atoms with Crippen LogP contribution in [-0.2, 0) is 0 Å². The molecule has 0 radical (unpaired) electrons. The topological polar surface area (TPSA) is 49.3 Å². The van der Waals surface area contributed by atoms with Crippen LogP contribution in [0.4, 0.5) is 5.69 Å². The molecule has 0 atom stereocenters. The minimum atomic E-state index is -0.869. The number of carboxylic acid groups (broad SMARTS) is 1. The standard InChI is InChI=1S/C14H19NO2/c1-3-14(6-7-14)9-15-12-5-4-11(13(16)17)8-10(12)2/h4-5,8,15H,3,6-7,9H2,1-2H3,(H,16,17). The van der Waals surface area contributed by atoms with Crippen LogP contribution in [0.5, 0.6) is 0 Å². The first-order valence-electron chi connectivity index (χ1n) is 6.14. The molecular formula is C14H19NO2. The third kappa shape index (κ3) is 2.60. The maximum atomic E-state index is 10.8. The molecule has 1 aromatic rings. The van der Waals surface area contributed by atoms with Gasteiger partial charge in [-0.1, -0.05) is 6.92 Å². The van der Waals surface area contributed by atoms with Gasteiger partial charge >= 0.3 is 5.97 Å². The number of hydrogen-bond acceptors (Lipinski definition) is 2. The number of carboxylic acids is 1. The zero-order chi connectivity index (χ0) is 12.5. The van der Waals surface area contributed by atoms with Gasteiger partial charge in [0.2, 0.25) is 0 Å². The number of aromatic carboxylic acids is 1. The Hall–Kier alpha value is -1.51. The van der Waals surface area contributed by atoms with Crippen LogP contribution in [-0.4, -0.2) is 17.6 Å². The zero-order valence-corrected chi connectivity index (χ0v) is 10.4. The van der Waals surface area contributed by atoms with Crippen LogP contribution in [0.15, 0.2) is 18.2 Å². The zero-order valence-electron chi connectivity index (χ0n) is 10.4. The number of anilines is 1. The molecule has 3 nitrogen and oxygen atoms in total. The highest BCUT2D eigenvalue weighted by Crippen LogP contribution is 2.48. The van der Waals surface area contributed by atoms with E-state index in [0.717, 1.165) is 17.8 Å². The van der Waals surface area contributed by atoms with Crippen LogP contribution in [0, 0.1) is 12.3 Å². The van der Waals surface area contributed by atoms with Crippen molar-refractivity contribution in [2.45, 2.75) is 33.1 Å².